The van der Waals surface area contributed by atoms with Crippen molar-refractivity contribution in [3.05, 3.63) is 78.4 Å². The summed E-state index contributed by atoms with van der Waals surface area (Å²) < 4.78 is 8.09. The molecule has 0 saturated carbocycles. The molecule has 0 radical (unpaired) electrons. The van der Waals surface area contributed by atoms with E-state index in [0.29, 0.717) is 24.5 Å². The van der Waals surface area contributed by atoms with Crippen LogP contribution in [0.1, 0.15) is 36.3 Å². The highest BCUT2D eigenvalue weighted by Crippen LogP contribution is 2.40. The minimum atomic E-state index is -0.219. The molecular weight excluding hydrogens is 454 g/mol. The number of aromatic nitrogens is 3. The van der Waals surface area contributed by atoms with Gasteiger partial charge in [-0.2, -0.15) is 0 Å². The molecule has 1 aliphatic rings. The van der Waals surface area contributed by atoms with Crippen LogP contribution in [-0.4, -0.2) is 44.2 Å². The molecule has 7 nitrogen and oxygen atoms in total. The smallest absolute Gasteiger partial charge is 0.305 e. The van der Waals surface area contributed by atoms with Gasteiger partial charge in [0, 0.05) is 25.4 Å². The number of esters is 1. The SMILES string of the molecule is COC(=O)CCCN1C(=S)N[C@@H](c2ccccn2)[C@@H]1c1cccn1-c1nc2ccccc2s1. The number of thiazole rings is 1. The van der Waals surface area contributed by atoms with Gasteiger partial charge < -0.3 is 15.0 Å². The van der Waals surface area contributed by atoms with E-state index in [2.05, 4.69) is 31.9 Å². The molecule has 0 amide bonds. The first-order valence-corrected chi connectivity index (χ1v) is 12.0. The van der Waals surface area contributed by atoms with Crippen LogP contribution in [0.5, 0.6) is 0 Å². The molecular formula is C24H23N5O2S2. The Balaban J connectivity index is 1.53. The minimum Gasteiger partial charge on any atom is -0.469 e. The normalized spacial score (nSPS) is 18.0. The molecule has 1 saturated heterocycles. The molecule has 3 aromatic heterocycles. The molecule has 0 bridgehead atoms. The number of nitrogens with zero attached hydrogens (tertiary/aromatic N) is 4. The number of pyridine rings is 1. The van der Waals surface area contributed by atoms with E-state index in [1.807, 2.05) is 48.7 Å². The van der Waals surface area contributed by atoms with Crippen molar-refractivity contribution in [3.63, 3.8) is 0 Å². The van der Waals surface area contributed by atoms with Gasteiger partial charge in [-0.3, -0.25) is 14.3 Å². The molecule has 2 atom stereocenters. The second-order valence-electron chi connectivity index (χ2n) is 7.77. The lowest BCUT2D eigenvalue weighted by molar-refractivity contribution is -0.140. The Labute approximate surface area is 201 Å². The number of benzene rings is 1. The lowest BCUT2D eigenvalue weighted by Crippen LogP contribution is -2.31. The van der Waals surface area contributed by atoms with Crippen molar-refractivity contribution in [2.24, 2.45) is 0 Å². The summed E-state index contributed by atoms with van der Waals surface area (Å²) >= 11 is 7.39. The van der Waals surface area contributed by atoms with E-state index in [9.17, 15) is 4.79 Å². The van der Waals surface area contributed by atoms with Gasteiger partial charge in [0.2, 0.25) is 0 Å². The van der Waals surface area contributed by atoms with Gasteiger partial charge in [-0.15, -0.1) is 0 Å². The number of para-hydroxylation sites is 1. The number of ether oxygens (including phenoxy) is 1. The van der Waals surface area contributed by atoms with E-state index in [4.69, 9.17) is 21.9 Å². The molecule has 4 aromatic rings. The molecule has 0 aliphatic carbocycles. The highest BCUT2D eigenvalue weighted by molar-refractivity contribution is 7.80. The molecule has 1 fully saturated rings. The fourth-order valence-corrected chi connectivity index (χ4v) is 5.54. The Hall–Kier alpha value is -3.30. The van der Waals surface area contributed by atoms with Crippen LogP contribution in [-0.2, 0) is 9.53 Å². The summed E-state index contributed by atoms with van der Waals surface area (Å²) in [4.78, 5) is 23.3. The van der Waals surface area contributed by atoms with Crippen LogP contribution in [0.15, 0.2) is 67.0 Å². The van der Waals surface area contributed by atoms with Crippen LogP contribution in [0.2, 0.25) is 0 Å². The van der Waals surface area contributed by atoms with Crippen LogP contribution in [0.4, 0.5) is 0 Å². The average molecular weight is 478 g/mol. The maximum Gasteiger partial charge on any atom is 0.305 e. The molecule has 1 aromatic carbocycles. The lowest BCUT2D eigenvalue weighted by atomic mass is 10.0. The third kappa shape index (κ3) is 4.21. The summed E-state index contributed by atoms with van der Waals surface area (Å²) in [7, 11) is 1.41. The summed E-state index contributed by atoms with van der Waals surface area (Å²) in [5.74, 6) is -0.219. The first kappa shape index (κ1) is 21.5. The van der Waals surface area contributed by atoms with Crippen molar-refractivity contribution in [1.29, 1.82) is 0 Å². The van der Waals surface area contributed by atoms with Crippen molar-refractivity contribution < 1.29 is 9.53 Å². The van der Waals surface area contributed by atoms with Crippen LogP contribution in [0.25, 0.3) is 15.3 Å². The monoisotopic (exact) mass is 477 g/mol. The van der Waals surface area contributed by atoms with E-state index in [0.717, 1.165) is 26.7 Å². The van der Waals surface area contributed by atoms with Crippen molar-refractivity contribution >= 4 is 44.9 Å². The number of nitrogens with one attached hydrogen (secondary N) is 1. The maximum atomic E-state index is 11.7. The molecule has 0 unspecified atom stereocenters. The van der Waals surface area contributed by atoms with Gasteiger partial charge in [-0.25, -0.2) is 4.98 Å². The molecule has 33 heavy (non-hydrogen) atoms. The predicted octanol–water partition coefficient (Wildman–Crippen LogP) is 4.41. The van der Waals surface area contributed by atoms with Gasteiger partial charge in [0.25, 0.3) is 0 Å². The van der Waals surface area contributed by atoms with Crippen LogP contribution in [0, 0.1) is 0 Å². The first-order chi connectivity index (χ1) is 16.2. The van der Waals surface area contributed by atoms with E-state index in [1.165, 1.54) is 7.11 Å². The predicted molar refractivity (Wildman–Crippen MR) is 132 cm³/mol. The largest absolute Gasteiger partial charge is 0.469 e. The molecule has 0 spiro atoms. The first-order valence-electron chi connectivity index (χ1n) is 10.7. The molecule has 9 heteroatoms. The van der Waals surface area contributed by atoms with E-state index in [-0.39, 0.29) is 18.1 Å². The molecule has 5 rings (SSSR count). The van der Waals surface area contributed by atoms with E-state index in [1.54, 1.807) is 17.5 Å². The minimum absolute atomic E-state index is 0.105. The summed E-state index contributed by atoms with van der Waals surface area (Å²) in [6.45, 7) is 0.625. The van der Waals surface area contributed by atoms with Gasteiger partial charge >= 0.3 is 5.97 Å². The lowest BCUT2D eigenvalue weighted by Gasteiger charge is -2.28. The Morgan fingerprint density at radius 1 is 1.18 bits per heavy atom. The summed E-state index contributed by atoms with van der Waals surface area (Å²) in [5.41, 5.74) is 2.96. The van der Waals surface area contributed by atoms with Crippen LogP contribution < -0.4 is 5.32 Å². The topological polar surface area (TPSA) is 72.3 Å². The third-order valence-electron chi connectivity index (χ3n) is 5.78. The van der Waals surface area contributed by atoms with E-state index >= 15 is 0 Å². The number of carbonyl (C=O) groups excluding carboxylic acids is 1. The molecule has 4 heterocycles. The Kier molecular flexibility index (Phi) is 6.06. The number of hydrogen-bond donors (Lipinski definition) is 1. The zero-order chi connectivity index (χ0) is 22.8. The number of carbonyl (C=O) groups is 1. The number of hydrogen-bond acceptors (Lipinski definition) is 6. The maximum absolute atomic E-state index is 11.7. The van der Waals surface area contributed by atoms with Gasteiger partial charge in [0.05, 0.1) is 40.8 Å². The summed E-state index contributed by atoms with van der Waals surface area (Å²) in [5, 5.41) is 5.02. The molecule has 1 N–H and O–H groups in total. The van der Waals surface area contributed by atoms with Crippen molar-refractivity contribution in [3.8, 4) is 5.13 Å². The van der Waals surface area contributed by atoms with Gasteiger partial charge in [0.1, 0.15) is 0 Å². The Morgan fingerprint density at radius 3 is 2.82 bits per heavy atom. The zero-order valence-electron chi connectivity index (χ0n) is 18.0. The third-order valence-corrected chi connectivity index (χ3v) is 7.17. The summed E-state index contributed by atoms with van der Waals surface area (Å²) in [6, 6.07) is 18.0. The van der Waals surface area contributed by atoms with E-state index < -0.39 is 0 Å². The fourth-order valence-electron chi connectivity index (χ4n) is 4.24. The second kappa shape index (κ2) is 9.29. The van der Waals surface area contributed by atoms with Crippen molar-refractivity contribution in [2.75, 3.05) is 13.7 Å². The Bertz CT molecular complexity index is 1250. The van der Waals surface area contributed by atoms with Crippen molar-refractivity contribution in [1.82, 2.24) is 24.8 Å². The summed E-state index contributed by atoms with van der Waals surface area (Å²) in [6.07, 6.45) is 4.82. The standard InChI is InChI=1S/C24H23N5O2S2/c1-31-20(30)12-7-15-29-22(21(27-23(29)32)17-9-4-5-13-25-17)18-10-6-14-28(18)24-26-16-8-2-3-11-19(16)33-24/h2-6,8-11,13-14,21-22H,7,12,15H2,1H3,(H,27,32)/t21-,22-/m0/s1. The van der Waals surface area contributed by atoms with Gasteiger partial charge in [-0.1, -0.05) is 29.5 Å². The number of methoxy groups -OCH3 is 1. The van der Waals surface area contributed by atoms with Crippen LogP contribution in [0.3, 0.4) is 0 Å². The zero-order valence-corrected chi connectivity index (χ0v) is 19.7. The number of fused-ring (bicyclic) bond motifs is 1. The number of rotatable bonds is 7. The van der Waals surface area contributed by atoms with Crippen LogP contribution >= 0.6 is 23.6 Å². The van der Waals surface area contributed by atoms with Crippen molar-refractivity contribution in [2.45, 2.75) is 24.9 Å². The highest BCUT2D eigenvalue weighted by atomic mass is 32.1. The molecule has 168 valence electrons. The highest BCUT2D eigenvalue weighted by Gasteiger charge is 2.41. The number of thiocarbonyl (C=S) groups is 1. The average Bonchev–Trinajstić information content (AvgIpc) is 3.56. The Morgan fingerprint density at radius 2 is 2.03 bits per heavy atom. The molecule has 1 aliphatic heterocycles. The van der Waals surface area contributed by atoms with Gasteiger partial charge in [-0.05, 0) is 55.0 Å². The fraction of sp³-hybridized carbons (Fsp3) is 0.250. The quantitative estimate of drug-likeness (QED) is 0.312. The van der Waals surface area contributed by atoms with Gasteiger partial charge in [0.15, 0.2) is 10.2 Å². The second-order valence-corrected chi connectivity index (χ2v) is 9.16.